The third-order valence-electron chi connectivity index (χ3n) is 5.14. The average Bonchev–Trinajstić information content (AvgIpc) is 2.98. The van der Waals surface area contributed by atoms with Gasteiger partial charge in [-0.15, -0.1) is 0 Å². The standard InChI is InChI=1S/C23H20INO3/c1-23(2,15-9-5-3-6-10-15)25-21(26)19-17(24)13-14-18(20(19)22(25)27)28-16-11-7-4-8-12-16/h3-14,22,27H,1-2H3. The van der Waals surface area contributed by atoms with Crippen molar-refractivity contribution in [3.05, 3.63) is 93.1 Å². The first-order chi connectivity index (χ1) is 13.4. The zero-order chi connectivity index (χ0) is 19.9. The van der Waals surface area contributed by atoms with Gasteiger partial charge in [0.25, 0.3) is 5.91 Å². The van der Waals surface area contributed by atoms with Crippen molar-refractivity contribution in [1.29, 1.82) is 0 Å². The predicted octanol–water partition coefficient (Wildman–Crippen LogP) is 5.47. The minimum absolute atomic E-state index is 0.195. The molecule has 3 aromatic carbocycles. The molecule has 5 heteroatoms. The van der Waals surface area contributed by atoms with Crippen molar-refractivity contribution in [2.45, 2.75) is 25.6 Å². The molecule has 1 aliphatic heterocycles. The van der Waals surface area contributed by atoms with Gasteiger partial charge in [-0.2, -0.15) is 0 Å². The van der Waals surface area contributed by atoms with Gasteiger partial charge in [0.2, 0.25) is 0 Å². The number of aliphatic hydroxyl groups excluding tert-OH is 1. The molecule has 1 amide bonds. The number of para-hydroxylation sites is 1. The van der Waals surface area contributed by atoms with Crippen LogP contribution in [0, 0.1) is 3.57 Å². The molecule has 3 aromatic rings. The van der Waals surface area contributed by atoms with Gasteiger partial charge in [-0.25, -0.2) is 0 Å². The van der Waals surface area contributed by atoms with Gasteiger partial charge in [-0.05, 0) is 66.3 Å². The smallest absolute Gasteiger partial charge is 0.258 e. The number of rotatable bonds is 4. The zero-order valence-electron chi connectivity index (χ0n) is 15.6. The topological polar surface area (TPSA) is 49.8 Å². The Balaban J connectivity index is 1.79. The summed E-state index contributed by atoms with van der Waals surface area (Å²) in [5, 5.41) is 11.2. The Kier molecular flexibility index (Phi) is 4.89. The maximum Gasteiger partial charge on any atom is 0.258 e. The van der Waals surface area contributed by atoms with E-state index < -0.39 is 11.8 Å². The van der Waals surface area contributed by atoms with Crippen LogP contribution < -0.4 is 4.74 Å². The highest BCUT2D eigenvalue weighted by molar-refractivity contribution is 14.1. The van der Waals surface area contributed by atoms with Crippen molar-refractivity contribution in [2.75, 3.05) is 0 Å². The van der Waals surface area contributed by atoms with E-state index in [2.05, 4.69) is 22.6 Å². The van der Waals surface area contributed by atoms with E-state index in [1.165, 1.54) is 4.90 Å². The Hall–Kier alpha value is -2.38. The Labute approximate surface area is 177 Å². The molecular weight excluding hydrogens is 465 g/mol. The lowest BCUT2D eigenvalue weighted by Gasteiger charge is -2.38. The number of fused-ring (bicyclic) bond motifs is 1. The van der Waals surface area contributed by atoms with Crippen molar-refractivity contribution in [1.82, 2.24) is 4.90 Å². The lowest BCUT2D eigenvalue weighted by Crippen LogP contribution is -2.44. The van der Waals surface area contributed by atoms with E-state index >= 15 is 0 Å². The Morgan fingerprint density at radius 1 is 0.964 bits per heavy atom. The molecule has 0 radical (unpaired) electrons. The minimum Gasteiger partial charge on any atom is -0.457 e. The number of hydrogen-bond acceptors (Lipinski definition) is 3. The summed E-state index contributed by atoms with van der Waals surface area (Å²) in [7, 11) is 0. The van der Waals surface area contributed by atoms with Crippen LogP contribution in [-0.2, 0) is 5.54 Å². The number of hydrogen-bond donors (Lipinski definition) is 1. The Bertz CT molecular complexity index is 1020. The van der Waals surface area contributed by atoms with Gasteiger partial charge in [0, 0.05) is 3.57 Å². The van der Waals surface area contributed by atoms with E-state index in [1.54, 1.807) is 0 Å². The second kappa shape index (κ2) is 7.22. The van der Waals surface area contributed by atoms with Crippen molar-refractivity contribution >= 4 is 28.5 Å². The van der Waals surface area contributed by atoms with Crippen molar-refractivity contribution in [3.8, 4) is 11.5 Å². The summed E-state index contributed by atoms with van der Waals surface area (Å²) in [5.74, 6) is 0.958. The Morgan fingerprint density at radius 2 is 1.57 bits per heavy atom. The second-order valence-electron chi connectivity index (χ2n) is 7.22. The molecule has 1 atom stereocenters. The molecule has 142 valence electrons. The molecule has 1 heterocycles. The second-order valence-corrected chi connectivity index (χ2v) is 8.39. The summed E-state index contributed by atoms with van der Waals surface area (Å²) in [5.41, 5.74) is 1.29. The maximum absolute atomic E-state index is 13.4. The lowest BCUT2D eigenvalue weighted by molar-refractivity contribution is -0.0311. The van der Waals surface area contributed by atoms with Crippen molar-refractivity contribution in [3.63, 3.8) is 0 Å². The van der Waals surface area contributed by atoms with Crippen LogP contribution in [0.15, 0.2) is 72.8 Å². The van der Waals surface area contributed by atoms with Crippen molar-refractivity contribution < 1.29 is 14.6 Å². The molecular formula is C23H20INO3. The summed E-state index contributed by atoms with van der Waals surface area (Å²) in [6, 6.07) is 22.8. The summed E-state index contributed by atoms with van der Waals surface area (Å²) < 4.78 is 6.81. The molecule has 0 aliphatic carbocycles. The van der Waals surface area contributed by atoms with E-state index in [-0.39, 0.29) is 5.91 Å². The summed E-state index contributed by atoms with van der Waals surface area (Å²) >= 11 is 2.14. The Morgan fingerprint density at radius 3 is 2.21 bits per heavy atom. The highest BCUT2D eigenvalue weighted by Gasteiger charge is 2.47. The van der Waals surface area contributed by atoms with Gasteiger partial charge >= 0.3 is 0 Å². The summed E-state index contributed by atoms with van der Waals surface area (Å²) in [6.07, 6.45) is -1.09. The lowest BCUT2D eigenvalue weighted by atomic mass is 9.92. The molecule has 1 aliphatic rings. The number of ether oxygens (including phenoxy) is 1. The van der Waals surface area contributed by atoms with Gasteiger partial charge in [0.15, 0.2) is 6.23 Å². The van der Waals surface area contributed by atoms with Gasteiger partial charge < -0.3 is 9.84 Å². The number of nitrogens with zero attached hydrogens (tertiary/aromatic N) is 1. The van der Waals surface area contributed by atoms with Crippen LogP contribution in [0.1, 0.15) is 41.6 Å². The van der Waals surface area contributed by atoms with E-state index in [1.807, 2.05) is 86.6 Å². The molecule has 28 heavy (non-hydrogen) atoms. The third-order valence-corrected chi connectivity index (χ3v) is 6.04. The quantitative estimate of drug-likeness (QED) is 0.499. The predicted molar refractivity (Wildman–Crippen MR) is 116 cm³/mol. The number of halogens is 1. The van der Waals surface area contributed by atoms with Crippen LogP contribution in [0.3, 0.4) is 0 Å². The van der Waals surface area contributed by atoms with Gasteiger partial charge in [0.05, 0.1) is 16.7 Å². The van der Waals surface area contributed by atoms with Crippen LogP contribution in [0.4, 0.5) is 0 Å². The van der Waals surface area contributed by atoms with Crippen LogP contribution in [0.2, 0.25) is 0 Å². The molecule has 0 saturated carbocycles. The molecule has 0 fully saturated rings. The normalized spacial score (nSPS) is 16.2. The minimum atomic E-state index is -1.09. The van der Waals surface area contributed by atoms with Crippen LogP contribution in [0.5, 0.6) is 11.5 Å². The number of carbonyl (C=O) groups excluding carboxylic acids is 1. The molecule has 0 spiro atoms. The fraction of sp³-hybridized carbons (Fsp3) is 0.174. The summed E-state index contributed by atoms with van der Waals surface area (Å²) in [4.78, 5) is 14.9. The SMILES string of the molecule is CC(C)(c1ccccc1)N1C(=O)c2c(I)ccc(Oc3ccccc3)c2C1O. The third kappa shape index (κ3) is 3.08. The first-order valence-corrected chi connectivity index (χ1v) is 10.1. The first-order valence-electron chi connectivity index (χ1n) is 9.04. The maximum atomic E-state index is 13.4. The largest absolute Gasteiger partial charge is 0.457 e. The number of amides is 1. The molecule has 4 nitrogen and oxygen atoms in total. The number of benzene rings is 3. The fourth-order valence-corrected chi connectivity index (χ4v) is 4.36. The van der Waals surface area contributed by atoms with E-state index in [9.17, 15) is 9.90 Å². The van der Waals surface area contributed by atoms with Gasteiger partial charge in [0.1, 0.15) is 11.5 Å². The molecule has 0 aromatic heterocycles. The van der Waals surface area contributed by atoms with Gasteiger partial charge in [-0.1, -0.05) is 48.5 Å². The van der Waals surface area contributed by atoms with Crippen LogP contribution in [-0.4, -0.2) is 15.9 Å². The van der Waals surface area contributed by atoms with E-state index in [0.29, 0.717) is 22.6 Å². The van der Waals surface area contributed by atoms with Crippen LogP contribution >= 0.6 is 22.6 Å². The molecule has 4 rings (SSSR count). The first kappa shape index (κ1) is 19.0. The van der Waals surface area contributed by atoms with Gasteiger partial charge in [-0.3, -0.25) is 9.69 Å². The van der Waals surface area contributed by atoms with Crippen molar-refractivity contribution in [2.24, 2.45) is 0 Å². The zero-order valence-corrected chi connectivity index (χ0v) is 17.8. The molecule has 1 unspecified atom stereocenters. The van der Waals surface area contributed by atoms with E-state index in [4.69, 9.17) is 4.74 Å². The molecule has 1 N–H and O–H groups in total. The number of aliphatic hydroxyl groups is 1. The monoisotopic (exact) mass is 485 g/mol. The highest BCUT2D eigenvalue weighted by atomic mass is 127. The number of carbonyl (C=O) groups is 1. The molecule has 0 saturated heterocycles. The highest BCUT2D eigenvalue weighted by Crippen LogP contribution is 2.47. The van der Waals surface area contributed by atoms with Crippen LogP contribution in [0.25, 0.3) is 0 Å². The summed E-state index contributed by atoms with van der Waals surface area (Å²) in [6.45, 7) is 3.89. The fourth-order valence-electron chi connectivity index (χ4n) is 3.66. The molecule has 0 bridgehead atoms. The average molecular weight is 485 g/mol. The van der Waals surface area contributed by atoms with E-state index in [0.717, 1.165) is 9.13 Å².